The van der Waals surface area contributed by atoms with E-state index in [1.54, 1.807) is 0 Å². The van der Waals surface area contributed by atoms with Crippen molar-refractivity contribution in [1.29, 1.82) is 0 Å². The van der Waals surface area contributed by atoms with E-state index in [0.717, 1.165) is 33.4 Å². The van der Waals surface area contributed by atoms with Crippen molar-refractivity contribution in [3.8, 4) is 0 Å². The minimum absolute atomic E-state index is 0.0202. The summed E-state index contributed by atoms with van der Waals surface area (Å²) in [5.41, 5.74) is 16.5. The van der Waals surface area contributed by atoms with Crippen LogP contribution < -0.4 is 0 Å². The molecule has 6 aromatic rings. The molecule has 0 bridgehead atoms. The van der Waals surface area contributed by atoms with Gasteiger partial charge in [0.25, 0.3) is 0 Å². The van der Waals surface area contributed by atoms with Crippen molar-refractivity contribution in [2.24, 2.45) is 34.7 Å². The standard InChI is InChI=1S/C76H93N3O16/c1-48-50(3)65(83-41-56-31-19-11-20-32-56)75(90-61(48)47-87-74-66(88-53(6)80)51(4)49(2)60(89-74)45-81-39-54-27-15-9-16-28-54)92-64-52(5)63(78-79-77)73(91-62(64)46-82-40-55-29-17-10-18-30-55)93-70-68(85-43-58-35-23-13-24-36-58)67(84-42-57-33-21-12-22-34-57)69(71-72(70)95-76(7,8)94-71)86-44-59-37-25-14-26-38-59/h9-38,48-52,60-75H,39-47H2,1-8H3/t48-,49-,50-,51-,52+,60?,61?,62?,63?,64-,65?,66?,67?,68?,69?,70?,71-,72-,73+,74-,75+/m0/s1. The van der Waals surface area contributed by atoms with Gasteiger partial charge in [-0.2, -0.15) is 0 Å². The number of nitrogens with zero attached hydrogens (tertiary/aromatic N) is 3. The van der Waals surface area contributed by atoms with Crippen LogP contribution in [0.3, 0.4) is 0 Å². The average Bonchev–Trinajstić information content (AvgIpc) is 1.66. The van der Waals surface area contributed by atoms with Crippen molar-refractivity contribution < 1.29 is 75.8 Å². The van der Waals surface area contributed by atoms with Gasteiger partial charge in [0.15, 0.2) is 30.8 Å². The van der Waals surface area contributed by atoms with Crippen LogP contribution in [0.15, 0.2) is 187 Å². The lowest BCUT2D eigenvalue weighted by atomic mass is 9.82. The van der Waals surface area contributed by atoms with Crippen LogP contribution in [0, 0.1) is 29.6 Å². The fourth-order valence-electron chi connectivity index (χ4n) is 13.6. The van der Waals surface area contributed by atoms with Crippen molar-refractivity contribution in [1.82, 2.24) is 0 Å². The van der Waals surface area contributed by atoms with Crippen LogP contribution in [0.2, 0.25) is 0 Å². The Hall–Kier alpha value is -6.46. The van der Waals surface area contributed by atoms with E-state index in [1.165, 1.54) is 6.92 Å². The predicted octanol–water partition coefficient (Wildman–Crippen LogP) is 13.0. The summed E-state index contributed by atoms with van der Waals surface area (Å²) in [5, 5.41) is 4.51. The maximum atomic E-state index is 12.8. The Balaban J connectivity index is 0.907. The van der Waals surface area contributed by atoms with Crippen LogP contribution >= 0.6 is 0 Å². The van der Waals surface area contributed by atoms with Gasteiger partial charge in [0.05, 0.1) is 83.8 Å². The van der Waals surface area contributed by atoms with Crippen molar-refractivity contribution >= 4 is 5.97 Å². The number of carbonyl (C=O) groups is 1. The lowest BCUT2D eigenvalue weighted by Crippen LogP contribution is -2.67. The summed E-state index contributed by atoms with van der Waals surface area (Å²) in [6, 6.07) is 58.6. The Morgan fingerprint density at radius 1 is 0.411 bits per heavy atom. The molecule has 4 saturated heterocycles. The Kier molecular flexibility index (Phi) is 24.8. The van der Waals surface area contributed by atoms with Crippen LogP contribution in [0.1, 0.15) is 88.8 Å². The molecular weight excluding hydrogens is 1210 g/mol. The van der Waals surface area contributed by atoms with E-state index >= 15 is 0 Å². The predicted molar refractivity (Wildman–Crippen MR) is 352 cm³/mol. The summed E-state index contributed by atoms with van der Waals surface area (Å²) in [6.07, 6.45) is -12.2. The second kappa shape index (κ2) is 33.7. The van der Waals surface area contributed by atoms with Crippen molar-refractivity contribution in [3.63, 3.8) is 0 Å². The molecule has 6 aromatic carbocycles. The molecule has 19 nitrogen and oxygen atoms in total. The molecule has 0 N–H and O–H groups in total. The largest absolute Gasteiger partial charge is 0.457 e. The average molecular weight is 1300 g/mol. The first-order valence-electron chi connectivity index (χ1n) is 33.5. The van der Waals surface area contributed by atoms with Gasteiger partial charge >= 0.3 is 5.97 Å². The fourth-order valence-corrected chi connectivity index (χ4v) is 13.6. The molecule has 0 amide bonds. The van der Waals surface area contributed by atoms with Gasteiger partial charge in [0.2, 0.25) is 0 Å². The van der Waals surface area contributed by atoms with Gasteiger partial charge in [-0.05, 0) is 76.4 Å². The highest BCUT2D eigenvalue weighted by molar-refractivity contribution is 5.66. The van der Waals surface area contributed by atoms with E-state index in [-0.39, 0.29) is 76.0 Å². The second-order valence-electron chi connectivity index (χ2n) is 26.3. The van der Waals surface area contributed by atoms with Gasteiger partial charge in [-0.3, -0.25) is 4.79 Å². The third-order valence-corrected chi connectivity index (χ3v) is 19.2. The highest BCUT2D eigenvalue weighted by Gasteiger charge is 2.62. The summed E-state index contributed by atoms with van der Waals surface area (Å²) >= 11 is 0. The molecule has 19 heteroatoms. The van der Waals surface area contributed by atoms with Gasteiger partial charge in [0, 0.05) is 17.8 Å². The van der Waals surface area contributed by atoms with Crippen molar-refractivity contribution in [2.45, 2.75) is 199 Å². The van der Waals surface area contributed by atoms with Gasteiger partial charge in [0.1, 0.15) is 48.8 Å². The normalized spacial score (nSPS) is 32.8. The minimum Gasteiger partial charge on any atom is -0.457 e. The zero-order valence-corrected chi connectivity index (χ0v) is 55.7. The maximum Gasteiger partial charge on any atom is 0.303 e. The van der Waals surface area contributed by atoms with Crippen LogP contribution in [0.25, 0.3) is 10.4 Å². The highest BCUT2D eigenvalue weighted by atomic mass is 16.8. The number of hydrogen-bond donors (Lipinski definition) is 0. The summed E-state index contributed by atoms with van der Waals surface area (Å²) < 4.78 is 104. The third kappa shape index (κ3) is 18.2. The number of benzene rings is 6. The molecule has 1 saturated carbocycles. The summed E-state index contributed by atoms with van der Waals surface area (Å²) in [5.74, 6) is -2.70. The molecule has 0 aromatic heterocycles. The SMILES string of the molecule is CC(=O)OC1[C@@H](OCC2O[C@H](O[C@@H]3C(COCc4ccccc4)O[C@H](OC4C(OCc5ccccc5)C(OCc5ccccc5)C(OCc5ccccc5)[C@@H]5OC(C)(C)O[C@@H]45)C(N=[N+]=[N-])[C@H]3C)C(OCc3ccccc3)[C@@H](C)[C@@H]2C)OC(COCc2ccccc2)[C@@H](C)[C@@H]1C. The second-order valence-corrected chi connectivity index (χ2v) is 26.3. The van der Waals surface area contributed by atoms with E-state index < -0.39 is 110 Å². The van der Waals surface area contributed by atoms with Gasteiger partial charge in [-0.1, -0.05) is 222 Å². The lowest BCUT2D eigenvalue weighted by Gasteiger charge is -2.51. The van der Waals surface area contributed by atoms with Crippen molar-refractivity contribution in [3.05, 3.63) is 226 Å². The summed E-state index contributed by atoms with van der Waals surface area (Å²) in [4.78, 5) is 16.2. The first-order valence-corrected chi connectivity index (χ1v) is 33.5. The first kappa shape index (κ1) is 69.9. The summed E-state index contributed by atoms with van der Waals surface area (Å²) in [7, 11) is 0. The molecule has 10 unspecified atom stereocenters. The zero-order valence-electron chi connectivity index (χ0n) is 55.7. The molecule has 4 heterocycles. The molecule has 5 aliphatic rings. The number of esters is 1. The molecule has 11 rings (SSSR count). The van der Waals surface area contributed by atoms with Crippen LogP contribution in [0.5, 0.6) is 0 Å². The lowest BCUT2D eigenvalue weighted by molar-refractivity contribution is -0.354. The number of ether oxygens (including phenoxy) is 15. The Morgan fingerprint density at radius 2 is 0.779 bits per heavy atom. The maximum absolute atomic E-state index is 12.8. The van der Waals surface area contributed by atoms with E-state index in [1.807, 2.05) is 210 Å². The Bertz CT molecular complexity index is 3310. The van der Waals surface area contributed by atoms with E-state index in [2.05, 4.69) is 30.8 Å². The molecule has 95 heavy (non-hydrogen) atoms. The van der Waals surface area contributed by atoms with Gasteiger partial charge in [-0.15, -0.1) is 0 Å². The number of carbonyl (C=O) groups excluding carboxylic acids is 1. The van der Waals surface area contributed by atoms with Gasteiger partial charge < -0.3 is 71.1 Å². The number of hydrogen-bond acceptors (Lipinski definition) is 17. The highest BCUT2D eigenvalue weighted by Crippen LogP contribution is 2.46. The monoisotopic (exact) mass is 1300 g/mol. The number of rotatable bonds is 29. The molecular formula is C76H93N3O16. The van der Waals surface area contributed by atoms with Crippen molar-refractivity contribution in [2.75, 3.05) is 19.8 Å². The molecule has 508 valence electrons. The molecule has 0 radical (unpaired) electrons. The first-order chi connectivity index (χ1) is 46.2. The van der Waals surface area contributed by atoms with Crippen LogP contribution in [-0.4, -0.2) is 130 Å². The number of fused-ring (bicyclic) bond motifs is 1. The smallest absolute Gasteiger partial charge is 0.303 e. The Labute approximate surface area is 558 Å². The molecule has 0 spiro atoms. The topological polar surface area (TPSA) is 204 Å². The van der Waals surface area contributed by atoms with E-state index in [9.17, 15) is 10.3 Å². The van der Waals surface area contributed by atoms with Crippen LogP contribution in [0.4, 0.5) is 0 Å². The minimum atomic E-state index is -1.24. The molecule has 21 atom stereocenters. The molecule has 5 fully saturated rings. The van der Waals surface area contributed by atoms with Gasteiger partial charge in [-0.25, -0.2) is 0 Å². The van der Waals surface area contributed by atoms with E-state index in [4.69, 9.17) is 71.1 Å². The third-order valence-electron chi connectivity index (χ3n) is 19.2. The molecule has 1 aliphatic carbocycles. The van der Waals surface area contributed by atoms with Crippen LogP contribution in [-0.2, 0) is 115 Å². The summed E-state index contributed by atoms with van der Waals surface area (Å²) in [6.45, 7) is 17.4. The van der Waals surface area contributed by atoms with E-state index in [0.29, 0.717) is 13.2 Å². The quantitative estimate of drug-likeness (QED) is 0.0185. The Morgan fingerprint density at radius 3 is 1.24 bits per heavy atom. The molecule has 4 aliphatic heterocycles. The fraction of sp³-hybridized carbons (Fsp3) is 0.513. The number of azide groups is 1. The zero-order chi connectivity index (χ0) is 66.3.